The number of likely N-dealkylation sites (N-methyl/N-ethyl adjacent to an activating group) is 1. The molecule has 1 aromatic carbocycles. The van der Waals surface area contributed by atoms with Gasteiger partial charge < -0.3 is 14.5 Å². The van der Waals surface area contributed by atoms with Gasteiger partial charge in [0.2, 0.25) is 11.8 Å². The van der Waals surface area contributed by atoms with E-state index in [1.807, 2.05) is 24.1 Å². The molecule has 2 heterocycles. The van der Waals surface area contributed by atoms with Crippen molar-refractivity contribution in [3.8, 4) is 0 Å². The molecule has 0 radical (unpaired) electrons. The van der Waals surface area contributed by atoms with E-state index in [1.165, 1.54) is 11.1 Å². The van der Waals surface area contributed by atoms with Crippen molar-refractivity contribution >= 4 is 11.8 Å². The molecule has 6 heteroatoms. The molecular formula is C21H31N3O3. The van der Waals surface area contributed by atoms with E-state index >= 15 is 0 Å². The lowest BCUT2D eigenvalue weighted by molar-refractivity contribution is -0.142. The van der Waals surface area contributed by atoms with Gasteiger partial charge in [-0.1, -0.05) is 24.3 Å². The summed E-state index contributed by atoms with van der Waals surface area (Å²) >= 11 is 0. The number of hydrogen-bond acceptors (Lipinski definition) is 4. The fraction of sp³-hybridized carbons (Fsp3) is 0.619. The third kappa shape index (κ3) is 5.30. The van der Waals surface area contributed by atoms with E-state index < -0.39 is 0 Å². The Hall–Kier alpha value is -1.92. The van der Waals surface area contributed by atoms with Crippen LogP contribution in [0.25, 0.3) is 0 Å². The average molecular weight is 373 g/mol. The topological polar surface area (TPSA) is 53.1 Å². The number of likely N-dealkylation sites (tertiary alicyclic amines) is 1. The standard InChI is InChI=1S/C21H31N3O3/c1-17-6-3-4-7-18(17)14-22(2)20(25)16-23-9-5-8-19(15-23)21(26)24-10-12-27-13-11-24/h3-4,6-7,19H,5,8-16H2,1-2H3. The lowest BCUT2D eigenvalue weighted by atomic mass is 9.96. The second-order valence-corrected chi connectivity index (χ2v) is 7.69. The highest BCUT2D eigenvalue weighted by molar-refractivity contribution is 5.80. The van der Waals surface area contributed by atoms with Crippen molar-refractivity contribution in [2.45, 2.75) is 26.3 Å². The maximum Gasteiger partial charge on any atom is 0.236 e. The van der Waals surface area contributed by atoms with Crippen molar-refractivity contribution in [2.24, 2.45) is 5.92 Å². The highest BCUT2D eigenvalue weighted by Gasteiger charge is 2.31. The summed E-state index contributed by atoms with van der Waals surface area (Å²) in [7, 11) is 1.86. The van der Waals surface area contributed by atoms with Crippen molar-refractivity contribution in [2.75, 3.05) is 53.0 Å². The number of amides is 2. The maximum absolute atomic E-state index is 12.7. The van der Waals surface area contributed by atoms with Gasteiger partial charge in [0.15, 0.2) is 0 Å². The van der Waals surface area contributed by atoms with Gasteiger partial charge in [-0.25, -0.2) is 0 Å². The molecule has 2 aliphatic heterocycles. The van der Waals surface area contributed by atoms with Crippen LogP contribution in [0.4, 0.5) is 0 Å². The van der Waals surface area contributed by atoms with Crippen molar-refractivity contribution < 1.29 is 14.3 Å². The number of rotatable bonds is 5. The number of ether oxygens (including phenoxy) is 1. The normalized spacial score (nSPS) is 21.1. The Morgan fingerprint density at radius 1 is 1.19 bits per heavy atom. The smallest absolute Gasteiger partial charge is 0.236 e. The van der Waals surface area contributed by atoms with E-state index in [4.69, 9.17) is 4.74 Å². The van der Waals surface area contributed by atoms with Gasteiger partial charge in [-0.2, -0.15) is 0 Å². The highest BCUT2D eigenvalue weighted by atomic mass is 16.5. The van der Waals surface area contributed by atoms with Crippen LogP contribution in [0, 0.1) is 12.8 Å². The zero-order chi connectivity index (χ0) is 19.2. The second kappa shape index (κ2) is 9.33. The van der Waals surface area contributed by atoms with Crippen molar-refractivity contribution in [3.05, 3.63) is 35.4 Å². The maximum atomic E-state index is 12.7. The Balaban J connectivity index is 1.51. The zero-order valence-corrected chi connectivity index (χ0v) is 16.5. The molecule has 3 rings (SSSR count). The van der Waals surface area contributed by atoms with Gasteiger partial charge in [-0.05, 0) is 37.4 Å². The van der Waals surface area contributed by atoms with Crippen LogP contribution in [-0.4, -0.2) is 79.5 Å². The van der Waals surface area contributed by atoms with Gasteiger partial charge in [0.05, 0.1) is 25.7 Å². The predicted molar refractivity (Wildman–Crippen MR) is 104 cm³/mol. The highest BCUT2D eigenvalue weighted by Crippen LogP contribution is 2.20. The summed E-state index contributed by atoms with van der Waals surface area (Å²) in [5.41, 5.74) is 2.37. The number of carbonyl (C=O) groups is 2. The summed E-state index contributed by atoms with van der Waals surface area (Å²) in [6.45, 7) is 7.28. The third-order valence-corrected chi connectivity index (χ3v) is 5.63. The number of hydrogen-bond donors (Lipinski definition) is 0. The molecule has 2 amide bonds. The van der Waals surface area contributed by atoms with Crippen LogP contribution in [-0.2, 0) is 20.9 Å². The summed E-state index contributed by atoms with van der Waals surface area (Å²) in [6, 6.07) is 8.16. The summed E-state index contributed by atoms with van der Waals surface area (Å²) in [5.74, 6) is 0.341. The Labute approximate surface area is 162 Å². The molecule has 0 N–H and O–H groups in total. The Kier molecular flexibility index (Phi) is 6.85. The first-order valence-electron chi connectivity index (χ1n) is 9.92. The first kappa shape index (κ1) is 19.8. The SMILES string of the molecule is Cc1ccccc1CN(C)C(=O)CN1CCCC(C(=O)N2CCOCC2)C1. The molecule has 0 aliphatic carbocycles. The molecule has 0 aromatic heterocycles. The molecule has 0 saturated carbocycles. The molecule has 0 spiro atoms. The lowest BCUT2D eigenvalue weighted by Gasteiger charge is -2.36. The number of morpholine rings is 1. The molecule has 1 aromatic rings. The molecule has 0 bridgehead atoms. The van der Waals surface area contributed by atoms with E-state index in [1.54, 1.807) is 4.90 Å². The first-order valence-corrected chi connectivity index (χ1v) is 9.92. The fourth-order valence-corrected chi connectivity index (χ4v) is 3.89. The monoisotopic (exact) mass is 373 g/mol. The quantitative estimate of drug-likeness (QED) is 0.785. The van der Waals surface area contributed by atoms with Crippen molar-refractivity contribution in [1.29, 1.82) is 0 Å². The first-order chi connectivity index (χ1) is 13.0. The van der Waals surface area contributed by atoms with Crippen molar-refractivity contribution in [1.82, 2.24) is 14.7 Å². The summed E-state index contributed by atoms with van der Waals surface area (Å²) < 4.78 is 5.34. The van der Waals surface area contributed by atoms with Gasteiger partial charge in [0, 0.05) is 33.2 Å². The Morgan fingerprint density at radius 2 is 1.93 bits per heavy atom. The van der Waals surface area contributed by atoms with E-state index in [0.717, 1.165) is 19.4 Å². The molecule has 2 saturated heterocycles. The minimum Gasteiger partial charge on any atom is -0.378 e. The van der Waals surface area contributed by atoms with E-state index in [9.17, 15) is 9.59 Å². The number of piperidine rings is 1. The van der Waals surface area contributed by atoms with Crippen LogP contribution >= 0.6 is 0 Å². The average Bonchev–Trinajstić information content (AvgIpc) is 2.70. The molecule has 1 atom stereocenters. The van der Waals surface area contributed by atoms with Crippen LogP contribution < -0.4 is 0 Å². The molecule has 6 nitrogen and oxygen atoms in total. The largest absolute Gasteiger partial charge is 0.378 e. The van der Waals surface area contributed by atoms with Crippen LogP contribution in [0.2, 0.25) is 0 Å². The van der Waals surface area contributed by atoms with Crippen LogP contribution in [0.5, 0.6) is 0 Å². The van der Waals surface area contributed by atoms with E-state index in [2.05, 4.69) is 24.0 Å². The van der Waals surface area contributed by atoms with Gasteiger partial charge >= 0.3 is 0 Å². The minimum atomic E-state index is 0.00586. The summed E-state index contributed by atoms with van der Waals surface area (Å²) in [4.78, 5) is 31.3. The second-order valence-electron chi connectivity index (χ2n) is 7.69. The fourth-order valence-electron chi connectivity index (χ4n) is 3.89. The van der Waals surface area contributed by atoms with E-state index in [-0.39, 0.29) is 17.7 Å². The van der Waals surface area contributed by atoms with E-state index in [0.29, 0.717) is 45.9 Å². The molecule has 2 fully saturated rings. The number of nitrogens with zero attached hydrogens (tertiary/aromatic N) is 3. The minimum absolute atomic E-state index is 0.00586. The molecule has 148 valence electrons. The van der Waals surface area contributed by atoms with Crippen LogP contribution in [0.3, 0.4) is 0 Å². The predicted octanol–water partition coefficient (Wildman–Crippen LogP) is 1.52. The van der Waals surface area contributed by atoms with Crippen LogP contribution in [0.1, 0.15) is 24.0 Å². The lowest BCUT2D eigenvalue weighted by Crippen LogP contribution is -2.50. The van der Waals surface area contributed by atoms with Gasteiger partial charge in [-0.15, -0.1) is 0 Å². The molecular weight excluding hydrogens is 342 g/mol. The Bertz CT molecular complexity index is 658. The number of carbonyl (C=O) groups excluding carboxylic acids is 2. The van der Waals surface area contributed by atoms with Gasteiger partial charge in [-0.3, -0.25) is 14.5 Å². The van der Waals surface area contributed by atoms with Crippen LogP contribution in [0.15, 0.2) is 24.3 Å². The summed E-state index contributed by atoms with van der Waals surface area (Å²) in [6.07, 6.45) is 1.88. The molecule has 1 unspecified atom stereocenters. The molecule has 2 aliphatic rings. The third-order valence-electron chi connectivity index (χ3n) is 5.63. The summed E-state index contributed by atoms with van der Waals surface area (Å²) in [5, 5.41) is 0. The number of aryl methyl sites for hydroxylation is 1. The number of benzene rings is 1. The van der Waals surface area contributed by atoms with Gasteiger partial charge in [0.25, 0.3) is 0 Å². The zero-order valence-electron chi connectivity index (χ0n) is 16.5. The van der Waals surface area contributed by atoms with Crippen molar-refractivity contribution in [3.63, 3.8) is 0 Å². The molecule has 27 heavy (non-hydrogen) atoms. The van der Waals surface area contributed by atoms with Gasteiger partial charge in [0.1, 0.15) is 0 Å². The Morgan fingerprint density at radius 3 is 2.67 bits per heavy atom.